The molecule has 3 rings (SSSR count). The maximum atomic E-state index is 10.9. The van der Waals surface area contributed by atoms with E-state index in [2.05, 4.69) is 5.10 Å². The summed E-state index contributed by atoms with van der Waals surface area (Å²) in [6.07, 6.45) is 4.12. The van der Waals surface area contributed by atoms with E-state index in [-0.39, 0.29) is 6.42 Å². The second-order valence-corrected chi connectivity index (χ2v) is 6.05. The van der Waals surface area contributed by atoms with E-state index in [9.17, 15) is 4.79 Å². The van der Waals surface area contributed by atoms with Gasteiger partial charge in [-0.25, -0.2) is 0 Å². The largest absolute Gasteiger partial charge is 0.490 e. The van der Waals surface area contributed by atoms with Crippen LogP contribution in [0.3, 0.4) is 0 Å². The molecule has 0 aliphatic carbocycles. The first kappa shape index (κ1) is 18.5. The summed E-state index contributed by atoms with van der Waals surface area (Å²) in [6, 6.07) is 17.3. The first-order chi connectivity index (χ1) is 13.2. The Kier molecular flexibility index (Phi) is 6.46. The van der Waals surface area contributed by atoms with E-state index < -0.39 is 5.97 Å². The third-order valence-electron chi connectivity index (χ3n) is 4.00. The maximum absolute atomic E-state index is 10.9. The van der Waals surface area contributed by atoms with Gasteiger partial charge in [0.05, 0.1) is 6.54 Å². The van der Waals surface area contributed by atoms with E-state index in [0.717, 1.165) is 16.9 Å². The molecule has 0 saturated carbocycles. The second kappa shape index (κ2) is 9.43. The predicted molar refractivity (Wildman–Crippen MR) is 101 cm³/mol. The number of ether oxygens (including phenoxy) is 2. The van der Waals surface area contributed by atoms with Gasteiger partial charge in [-0.2, -0.15) is 5.10 Å². The molecule has 0 unspecified atom stereocenters. The van der Waals surface area contributed by atoms with Crippen molar-refractivity contribution in [1.82, 2.24) is 9.78 Å². The first-order valence-electron chi connectivity index (χ1n) is 8.82. The van der Waals surface area contributed by atoms with Gasteiger partial charge in [0.1, 0.15) is 24.7 Å². The average molecular weight is 366 g/mol. The molecule has 0 radical (unpaired) electrons. The number of para-hydroxylation sites is 1. The Morgan fingerprint density at radius 3 is 2.59 bits per heavy atom. The van der Waals surface area contributed by atoms with Crippen molar-refractivity contribution in [3.8, 4) is 11.5 Å². The number of hydrogen-bond donors (Lipinski definition) is 1. The summed E-state index contributed by atoms with van der Waals surface area (Å²) in [5, 5.41) is 13.2. The monoisotopic (exact) mass is 366 g/mol. The van der Waals surface area contributed by atoms with Gasteiger partial charge in [-0.3, -0.25) is 9.48 Å². The Hall–Kier alpha value is -3.28. The van der Waals surface area contributed by atoms with Crippen LogP contribution in [0.5, 0.6) is 11.5 Å². The minimum absolute atomic E-state index is 0.0649. The van der Waals surface area contributed by atoms with E-state index >= 15 is 0 Å². The number of aryl methyl sites for hydroxylation is 1. The van der Waals surface area contributed by atoms with E-state index in [1.165, 1.54) is 0 Å². The first-order valence-corrected chi connectivity index (χ1v) is 8.82. The van der Waals surface area contributed by atoms with Gasteiger partial charge in [0.25, 0.3) is 0 Å². The molecule has 0 aliphatic heterocycles. The average Bonchev–Trinajstić information content (AvgIpc) is 3.18. The van der Waals surface area contributed by atoms with Crippen LogP contribution in [0.2, 0.25) is 0 Å². The number of aromatic nitrogens is 2. The molecule has 27 heavy (non-hydrogen) atoms. The summed E-state index contributed by atoms with van der Waals surface area (Å²) in [5.41, 5.74) is 1.91. The molecule has 1 heterocycles. The van der Waals surface area contributed by atoms with Crippen LogP contribution < -0.4 is 9.47 Å². The number of carbonyl (C=O) groups is 1. The Bertz CT molecular complexity index is 848. The maximum Gasteiger partial charge on any atom is 0.303 e. The van der Waals surface area contributed by atoms with Crippen molar-refractivity contribution in [3.05, 3.63) is 78.1 Å². The van der Waals surface area contributed by atoms with Crippen molar-refractivity contribution in [1.29, 1.82) is 0 Å². The quantitative estimate of drug-likeness (QED) is 0.557. The number of carboxylic acid groups (broad SMARTS) is 1. The lowest BCUT2D eigenvalue weighted by Gasteiger charge is -2.14. The normalized spacial score (nSPS) is 10.5. The highest BCUT2D eigenvalue weighted by Crippen LogP contribution is 2.23. The van der Waals surface area contributed by atoms with Gasteiger partial charge < -0.3 is 14.6 Å². The molecule has 0 bridgehead atoms. The number of rotatable bonds is 10. The van der Waals surface area contributed by atoms with E-state index in [4.69, 9.17) is 14.6 Å². The molecule has 2 aromatic carbocycles. The van der Waals surface area contributed by atoms with E-state index in [0.29, 0.717) is 31.9 Å². The molecule has 0 atom stereocenters. The third kappa shape index (κ3) is 5.88. The van der Waals surface area contributed by atoms with Crippen LogP contribution in [0.15, 0.2) is 67.0 Å². The molecule has 1 aromatic heterocycles. The molecule has 0 amide bonds. The zero-order chi connectivity index (χ0) is 18.9. The molecule has 0 fully saturated rings. The summed E-state index contributed by atoms with van der Waals surface area (Å²) in [4.78, 5) is 10.9. The lowest BCUT2D eigenvalue weighted by Crippen LogP contribution is -2.11. The van der Waals surface area contributed by atoms with Crippen LogP contribution in [0.1, 0.15) is 17.5 Å². The van der Waals surface area contributed by atoms with Gasteiger partial charge in [0.15, 0.2) is 0 Å². The number of nitrogens with zero attached hydrogens (tertiary/aromatic N) is 2. The minimum Gasteiger partial charge on any atom is -0.490 e. The van der Waals surface area contributed by atoms with Crippen molar-refractivity contribution in [2.45, 2.75) is 19.4 Å². The molecule has 3 aromatic rings. The molecule has 6 heteroatoms. The van der Waals surface area contributed by atoms with Gasteiger partial charge in [0, 0.05) is 18.8 Å². The highest BCUT2D eigenvalue weighted by atomic mass is 16.5. The Balaban J connectivity index is 1.63. The smallest absolute Gasteiger partial charge is 0.303 e. The fraction of sp³-hybridized carbons (Fsp3) is 0.238. The fourth-order valence-corrected chi connectivity index (χ4v) is 2.69. The van der Waals surface area contributed by atoms with Gasteiger partial charge in [-0.15, -0.1) is 0 Å². The molecule has 6 nitrogen and oxygen atoms in total. The van der Waals surface area contributed by atoms with Gasteiger partial charge >= 0.3 is 5.97 Å². The molecule has 140 valence electrons. The minimum atomic E-state index is -0.825. The summed E-state index contributed by atoms with van der Waals surface area (Å²) in [5.74, 6) is 0.658. The molecular weight excluding hydrogens is 344 g/mol. The SMILES string of the molecule is O=C(O)CCc1ccc(Cn2cccn2)cc1OCCOc1ccccc1. The van der Waals surface area contributed by atoms with E-state index in [1.807, 2.05) is 65.5 Å². The molecule has 1 N–H and O–H groups in total. The van der Waals surface area contributed by atoms with Crippen molar-refractivity contribution in [2.24, 2.45) is 0 Å². The van der Waals surface area contributed by atoms with Gasteiger partial charge in [-0.05, 0) is 41.8 Å². The summed E-state index contributed by atoms with van der Waals surface area (Å²) >= 11 is 0. The number of carboxylic acids is 1. The van der Waals surface area contributed by atoms with E-state index in [1.54, 1.807) is 6.20 Å². The molecular formula is C21H22N2O4. The highest BCUT2D eigenvalue weighted by Gasteiger charge is 2.09. The van der Waals surface area contributed by atoms with Crippen LogP contribution in [0, 0.1) is 0 Å². The Labute approximate surface area is 158 Å². The van der Waals surface area contributed by atoms with Gasteiger partial charge in [0.2, 0.25) is 0 Å². The second-order valence-electron chi connectivity index (χ2n) is 6.05. The number of aliphatic carboxylic acids is 1. The highest BCUT2D eigenvalue weighted by molar-refractivity contribution is 5.67. The van der Waals surface area contributed by atoms with Crippen molar-refractivity contribution < 1.29 is 19.4 Å². The zero-order valence-corrected chi connectivity index (χ0v) is 15.0. The van der Waals surface area contributed by atoms with Crippen molar-refractivity contribution in [2.75, 3.05) is 13.2 Å². The third-order valence-corrected chi connectivity index (χ3v) is 4.00. The molecule has 0 spiro atoms. The number of benzene rings is 2. The summed E-state index contributed by atoms with van der Waals surface area (Å²) < 4.78 is 13.4. The van der Waals surface area contributed by atoms with Crippen LogP contribution in [0.25, 0.3) is 0 Å². The fourth-order valence-electron chi connectivity index (χ4n) is 2.69. The summed E-state index contributed by atoms with van der Waals surface area (Å²) in [6.45, 7) is 1.41. The molecule has 0 saturated heterocycles. The summed E-state index contributed by atoms with van der Waals surface area (Å²) in [7, 11) is 0. The van der Waals surface area contributed by atoms with Crippen molar-refractivity contribution in [3.63, 3.8) is 0 Å². The lowest BCUT2D eigenvalue weighted by atomic mass is 10.1. The Morgan fingerprint density at radius 1 is 1.04 bits per heavy atom. The standard InChI is InChI=1S/C21H22N2O4/c24-21(25)10-9-18-8-7-17(16-23-12-4-11-22-23)15-20(18)27-14-13-26-19-5-2-1-3-6-19/h1-8,11-12,15H,9-10,13-14,16H2,(H,24,25). The number of hydrogen-bond acceptors (Lipinski definition) is 4. The van der Waals surface area contributed by atoms with Crippen molar-refractivity contribution >= 4 is 5.97 Å². The zero-order valence-electron chi connectivity index (χ0n) is 15.0. The Morgan fingerprint density at radius 2 is 1.85 bits per heavy atom. The van der Waals surface area contributed by atoms with Crippen LogP contribution >= 0.6 is 0 Å². The van der Waals surface area contributed by atoms with Gasteiger partial charge in [-0.1, -0.05) is 30.3 Å². The lowest BCUT2D eigenvalue weighted by molar-refractivity contribution is -0.136. The molecule has 0 aliphatic rings. The van der Waals surface area contributed by atoms with Crippen LogP contribution in [-0.4, -0.2) is 34.1 Å². The van der Waals surface area contributed by atoms with Crippen LogP contribution in [-0.2, 0) is 17.8 Å². The van der Waals surface area contributed by atoms with Crippen LogP contribution in [0.4, 0.5) is 0 Å². The predicted octanol–water partition coefficient (Wildman–Crippen LogP) is 3.41. The topological polar surface area (TPSA) is 73.6 Å².